The van der Waals surface area contributed by atoms with Gasteiger partial charge in [-0.2, -0.15) is 17.5 Å². The molecule has 2 heterocycles. The second kappa shape index (κ2) is 8.43. The van der Waals surface area contributed by atoms with Crippen LogP contribution in [0.2, 0.25) is 0 Å². The summed E-state index contributed by atoms with van der Waals surface area (Å²) in [6.45, 7) is 2.07. The van der Waals surface area contributed by atoms with Crippen LogP contribution in [0.25, 0.3) is 0 Å². The minimum absolute atomic E-state index is 0.0152. The van der Waals surface area contributed by atoms with Crippen LogP contribution in [0.3, 0.4) is 0 Å². The van der Waals surface area contributed by atoms with Crippen LogP contribution in [-0.2, 0) is 27.5 Å². The number of furan rings is 1. The van der Waals surface area contributed by atoms with Crippen LogP contribution in [0.1, 0.15) is 29.9 Å². The van der Waals surface area contributed by atoms with Crippen molar-refractivity contribution < 1.29 is 30.8 Å². The van der Waals surface area contributed by atoms with Crippen LogP contribution >= 0.6 is 0 Å². The Morgan fingerprint density at radius 1 is 1.17 bits per heavy atom. The first-order valence-electron chi connectivity index (χ1n) is 9.47. The maximum Gasteiger partial charge on any atom is 0.417 e. The highest BCUT2D eigenvalue weighted by Gasteiger charge is 2.40. The summed E-state index contributed by atoms with van der Waals surface area (Å²) in [5.41, 5.74) is -1.18. The standard InChI is InChI=1S/C20H23F3N2O4S/c1-14-7-8-16(29-14)13-24(2)19(26)15-9-11-25(12-10-15)30(27,28)18-6-4-3-5-17(18)20(21,22)23/h3-8,15H,9-13H2,1-2H3. The fourth-order valence-electron chi connectivity index (χ4n) is 3.60. The number of carbonyl (C=O) groups excluding carboxylic acids is 1. The molecular weight excluding hydrogens is 421 g/mol. The molecule has 10 heteroatoms. The van der Waals surface area contributed by atoms with E-state index in [-0.39, 0.29) is 31.8 Å². The minimum atomic E-state index is -4.77. The number of aryl methyl sites for hydroxylation is 1. The minimum Gasteiger partial charge on any atom is -0.464 e. The van der Waals surface area contributed by atoms with E-state index in [2.05, 4.69) is 0 Å². The first-order valence-corrected chi connectivity index (χ1v) is 10.9. The van der Waals surface area contributed by atoms with E-state index in [4.69, 9.17) is 4.42 Å². The average Bonchev–Trinajstić information content (AvgIpc) is 3.11. The molecule has 3 rings (SSSR count). The third-order valence-electron chi connectivity index (χ3n) is 5.18. The maximum absolute atomic E-state index is 13.2. The van der Waals surface area contributed by atoms with E-state index in [0.717, 1.165) is 28.3 Å². The Balaban J connectivity index is 1.67. The molecule has 1 aromatic heterocycles. The van der Waals surface area contributed by atoms with Crippen molar-refractivity contribution >= 4 is 15.9 Å². The number of hydrogen-bond acceptors (Lipinski definition) is 4. The van der Waals surface area contributed by atoms with E-state index in [9.17, 15) is 26.4 Å². The first-order chi connectivity index (χ1) is 14.0. The molecule has 2 aromatic rings. The predicted molar refractivity (Wildman–Crippen MR) is 103 cm³/mol. The van der Waals surface area contributed by atoms with Crippen LogP contribution in [0.5, 0.6) is 0 Å². The third kappa shape index (κ3) is 4.70. The van der Waals surface area contributed by atoms with Gasteiger partial charge in [-0.05, 0) is 44.0 Å². The van der Waals surface area contributed by atoms with Gasteiger partial charge in [0.15, 0.2) is 0 Å². The number of hydrogen-bond donors (Lipinski definition) is 0. The summed E-state index contributed by atoms with van der Waals surface area (Å²) in [6.07, 6.45) is -4.29. The summed E-state index contributed by atoms with van der Waals surface area (Å²) in [4.78, 5) is 13.5. The van der Waals surface area contributed by atoms with Crippen LogP contribution in [0.15, 0.2) is 45.7 Å². The second-order valence-corrected chi connectivity index (χ2v) is 9.29. The molecule has 0 bridgehead atoms. The van der Waals surface area contributed by atoms with E-state index in [0.29, 0.717) is 12.3 Å². The number of piperidine rings is 1. The number of amides is 1. The summed E-state index contributed by atoms with van der Waals surface area (Å²) < 4.78 is 71.9. The van der Waals surface area contributed by atoms with Crippen LogP contribution in [0.4, 0.5) is 13.2 Å². The zero-order valence-electron chi connectivity index (χ0n) is 16.6. The van der Waals surface area contributed by atoms with Crippen molar-refractivity contribution in [3.63, 3.8) is 0 Å². The highest BCUT2D eigenvalue weighted by Crippen LogP contribution is 2.36. The van der Waals surface area contributed by atoms with E-state index in [1.54, 1.807) is 26.1 Å². The quantitative estimate of drug-likeness (QED) is 0.706. The third-order valence-corrected chi connectivity index (χ3v) is 7.14. The van der Waals surface area contributed by atoms with Crippen molar-refractivity contribution in [2.24, 2.45) is 5.92 Å². The molecule has 1 fully saturated rings. The Labute approximate surface area is 173 Å². The molecule has 30 heavy (non-hydrogen) atoms. The number of benzene rings is 1. The number of alkyl halides is 3. The fraction of sp³-hybridized carbons (Fsp3) is 0.450. The van der Waals surface area contributed by atoms with E-state index >= 15 is 0 Å². The van der Waals surface area contributed by atoms with Crippen LogP contribution < -0.4 is 0 Å². The molecule has 6 nitrogen and oxygen atoms in total. The summed E-state index contributed by atoms with van der Waals surface area (Å²) in [6, 6.07) is 7.73. The number of sulfonamides is 1. The Hall–Kier alpha value is -2.33. The number of nitrogens with zero attached hydrogens (tertiary/aromatic N) is 2. The SMILES string of the molecule is Cc1ccc(CN(C)C(=O)C2CCN(S(=O)(=O)c3ccccc3C(F)(F)F)CC2)o1. The molecule has 0 spiro atoms. The molecule has 0 N–H and O–H groups in total. The Morgan fingerprint density at radius 2 is 1.80 bits per heavy atom. The lowest BCUT2D eigenvalue weighted by molar-refractivity contribution is -0.140. The molecular formula is C20H23F3N2O4S. The second-order valence-electron chi connectivity index (χ2n) is 7.38. The molecule has 1 aliphatic heterocycles. The zero-order chi connectivity index (χ0) is 22.1. The number of rotatable bonds is 5. The molecule has 0 atom stereocenters. The van der Waals surface area contributed by atoms with Crippen LogP contribution in [0, 0.1) is 12.8 Å². The van der Waals surface area contributed by atoms with Crippen molar-refractivity contribution in [2.45, 2.75) is 37.4 Å². The summed E-state index contributed by atoms with van der Waals surface area (Å²) in [5.74, 6) is 0.850. The van der Waals surface area contributed by atoms with Gasteiger partial charge < -0.3 is 9.32 Å². The van der Waals surface area contributed by atoms with Crippen molar-refractivity contribution in [2.75, 3.05) is 20.1 Å². The van der Waals surface area contributed by atoms with Gasteiger partial charge in [0.1, 0.15) is 11.5 Å². The van der Waals surface area contributed by atoms with Gasteiger partial charge in [-0.1, -0.05) is 12.1 Å². The van der Waals surface area contributed by atoms with Crippen molar-refractivity contribution in [1.29, 1.82) is 0 Å². The highest BCUT2D eigenvalue weighted by atomic mass is 32.2. The van der Waals surface area contributed by atoms with Crippen molar-refractivity contribution in [3.05, 3.63) is 53.5 Å². The maximum atomic E-state index is 13.2. The van der Waals surface area contributed by atoms with Gasteiger partial charge in [0.25, 0.3) is 0 Å². The largest absolute Gasteiger partial charge is 0.464 e. The monoisotopic (exact) mass is 444 g/mol. The first kappa shape index (κ1) is 22.4. The predicted octanol–water partition coefficient (Wildman–Crippen LogP) is 3.67. The van der Waals surface area contributed by atoms with Crippen molar-refractivity contribution in [1.82, 2.24) is 9.21 Å². The Bertz CT molecular complexity index is 1010. The molecule has 1 aliphatic rings. The lowest BCUT2D eigenvalue weighted by Gasteiger charge is -2.32. The van der Waals surface area contributed by atoms with Gasteiger partial charge in [-0.25, -0.2) is 8.42 Å². The van der Waals surface area contributed by atoms with Crippen molar-refractivity contribution in [3.8, 4) is 0 Å². The number of carbonyl (C=O) groups is 1. The van der Waals surface area contributed by atoms with Gasteiger partial charge >= 0.3 is 6.18 Å². The van der Waals surface area contributed by atoms with Crippen LogP contribution in [-0.4, -0.2) is 43.7 Å². The molecule has 0 unspecified atom stereocenters. The lowest BCUT2D eigenvalue weighted by atomic mass is 9.96. The lowest BCUT2D eigenvalue weighted by Crippen LogP contribution is -2.43. The summed E-state index contributed by atoms with van der Waals surface area (Å²) in [5, 5.41) is 0. The molecule has 164 valence electrons. The van der Waals surface area contributed by atoms with Gasteiger partial charge in [-0.3, -0.25) is 4.79 Å². The molecule has 1 saturated heterocycles. The topological polar surface area (TPSA) is 70.8 Å². The summed E-state index contributed by atoms with van der Waals surface area (Å²) >= 11 is 0. The van der Waals surface area contributed by atoms with Gasteiger partial charge in [0, 0.05) is 26.1 Å². The highest BCUT2D eigenvalue weighted by molar-refractivity contribution is 7.89. The van der Waals surface area contributed by atoms with Gasteiger partial charge in [0.05, 0.1) is 17.0 Å². The molecule has 1 amide bonds. The molecule has 0 aliphatic carbocycles. The van der Waals surface area contributed by atoms with Gasteiger partial charge in [-0.15, -0.1) is 0 Å². The Kier molecular flexibility index (Phi) is 6.28. The zero-order valence-corrected chi connectivity index (χ0v) is 17.5. The van der Waals surface area contributed by atoms with E-state index in [1.807, 2.05) is 0 Å². The Morgan fingerprint density at radius 3 is 2.37 bits per heavy atom. The van der Waals surface area contributed by atoms with Gasteiger partial charge in [0.2, 0.25) is 15.9 Å². The molecule has 0 saturated carbocycles. The number of halogens is 3. The smallest absolute Gasteiger partial charge is 0.417 e. The fourth-order valence-corrected chi connectivity index (χ4v) is 5.28. The summed E-state index contributed by atoms with van der Waals surface area (Å²) in [7, 11) is -2.68. The average molecular weight is 444 g/mol. The normalized spacial score (nSPS) is 16.6. The molecule has 0 radical (unpaired) electrons. The van der Waals surface area contributed by atoms with E-state index < -0.39 is 32.6 Å². The molecule has 1 aromatic carbocycles. The van der Waals surface area contributed by atoms with E-state index in [1.165, 1.54) is 11.0 Å².